The summed E-state index contributed by atoms with van der Waals surface area (Å²) in [5.41, 5.74) is 0.732. The van der Waals surface area contributed by atoms with Crippen molar-refractivity contribution in [1.82, 2.24) is 14.9 Å². The summed E-state index contributed by atoms with van der Waals surface area (Å²) in [7, 11) is -0.652. The van der Waals surface area contributed by atoms with E-state index in [4.69, 9.17) is 14.0 Å². The molecule has 0 spiro atoms. The normalized spacial score (nSPS) is 12.6. The third kappa shape index (κ3) is 4.26. The van der Waals surface area contributed by atoms with Crippen LogP contribution in [0.3, 0.4) is 0 Å². The van der Waals surface area contributed by atoms with Gasteiger partial charge in [-0.25, -0.2) is 8.42 Å². The van der Waals surface area contributed by atoms with Gasteiger partial charge in [-0.2, -0.15) is 9.71 Å². The zero-order chi connectivity index (χ0) is 19.4. The van der Waals surface area contributed by atoms with Gasteiger partial charge in [0.15, 0.2) is 0 Å². The van der Waals surface area contributed by atoms with E-state index in [9.17, 15) is 8.42 Å². The maximum atomic E-state index is 12.5. The molecule has 1 unspecified atom stereocenters. The fourth-order valence-corrected chi connectivity index (χ4v) is 3.57. The van der Waals surface area contributed by atoms with E-state index < -0.39 is 16.1 Å². The lowest BCUT2D eigenvalue weighted by Crippen LogP contribution is -2.27. The van der Waals surface area contributed by atoms with Crippen molar-refractivity contribution in [2.45, 2.75) is 17.9 Å². The highest BCUT2D eigenvalue weighted by molar-refractivity contribution is 7.89. The summed E-state index contributed by atoms with van der Waals surface area (Å²) in [6.07, 6.45) is 0. The van der Waals surface area contributed by atoms with E-state index in [1.807, 2.05) is 0 Å². The molecule has 0 aliphatic carbocycles. The minimum Gasteiger partial charge on any atom is -0.497 e. The van der Waals surface area contributed by atoms with E-state index in [-0.39, 0.29) is 10.8 Å². The summed E-state index contributed by atoms with van der Waals surface area (Å²) in [5, 5.41) is 3.91. The second-order valence-electron chi connectivity index (χ2n) is 5.70. The minimum absolute atomic E-state index is 0.116. The summed E-state index contributed by atoms with van der Waals surface area (Å²) in [6.45, 7) is 1.63. The summed E-state index contributed by atoms with van der Waals surface area (Å²) >= 11 is 0. The van der Waals surface area contributed by atoms with Gasteiger partial charge in [-0.15, -0.1) is 0 Å². The van der Waals surface area contributed by atoms with Crippen molar-refractivity contribution in [3.05, 3.63) is 54.4 Å². The molecule has 0 amide bonds. The van der Waals surface area contributed by atoms with Crippen molar-refractivity contribution in [3.63, 3.8) is 0 Å². The maximum Gasteiger partial charge on any atom is 0.244 e. The Morgan fingerprint density at radius 3 is 2.07 bits per heavy atom. The van der Waals surface area contributed by atoms with Crippen molar-refractivity contribution in [2.75, 3.05) is 14.2 Å². The molecule has 2 aromatic carbocycles. The molecule has 0 aliphatic heterocycles. The van der Waals surface area contributed by atoms with Crippen LogP contribution in [0.4, 0.5) is 0 Å². The van der Waals surface area contributed by atoms with Gasteiger partial charge < -0.3 is 14.0 Å². The van der Waals surface area contributed by atoms with Crippen molar-refractivity contribution < 1.29 is 22.4 Å². The molecule has 0 saturated carbocycles. The molecule has 0 aliphatic rings. The number of nitrogens with one attached hydrogen (secondary N) is 1. The Kier molecular flexibility index (Phi) is 5.43. The molecule has 8 nitrogen and oxygen atoms in total. The fourth-order valence-electron chi connectivity index (χ4n) is 2.37. The molecule has 27 heavy (non-hydrogen) atoms. The van der Waals surface area contributed by atoms with Crippen LogP contribution in [0.15, 0.2) is 57.9 Å². The predicted molar refractivity (Wildman–Crippen MR) is 98.0 cm³/mol. The lowest BCUT2D eigenvalue weighted by Gasteiger charge is -2.11. The molecule has 0 bridgehead atoms. The van der Waals surface area contributed by atoms with Crippen molar-refractivity contribution in [2.24, 2.45) is 0 Å². The summed E-state index contributed by atoms with van der Waals surface area (Å²) in [6, 6.07) is 12.5. The van der Waals surface area contributed by atoms with Crippen LogP contribution in [0.2, 0.25) is 0 Å². The van der Waals surface area contributed by atoms with Gasteiger partial charge in [0, 0.05) is 5.56 Å². The SMILES string of the molecule is COc1ccc(-c2noc(C(C)NS(=O)(=O)c3ccc(OC)cc3)n2)cc1. The van der Waals surface area contributed by atoms with Gasteiger partial charge >= 0.3 is 0 Å². The third-order valence-corrected chi connectivity index (χ3v) is 5.42. The number of ether oxygens (including phenoxy) is 2. The highest BCUT2D eigenvalue weighted by atomic mass is 32.2. The fraction of sp³-hybridized carbons (Fsp3) is 0.222. The maximum absolute atomic E-state index is 12.5. The molecule has 3 rings (SSSR count). The molecular weight excluding hydrogens is 370 g/mol. The minimum atomic E-state index is -3.75. The quantitative estimate of drug-likeness (QED) is 0.662. The van der Waals surface area contributed by atoms with Gasteiger partial charge in [-0.05, 0) is 55.5 Å². The molecular formula is C18H19N3O5S. The van der Waals surface area contributed by atoms with Gasteiger partial charge in [0.1, 0.15) is 11.5 Å². The number of hydrogen-bond acceptors (Lipinski definition) is 7. The standard InChI is InChI=1S/C18H19N3O5S/c1-12(21-27(22,23)16-10-8-15(25-3)9-11-16)18-19-17(20-26-18)13-4-6-14(24-2)7-5-13/h4-12,21H,1-3H3. The van der Waals surface area contributed by atoms with Gasteiger partial charge in [-0.3, -0.25) is 0 Å². The Bertz CT molecular complexity index is 998. The second-order valence-corrected chi connectivity index (χ2v) is 7.42. The average Bonchev–Trinajstić information content (AvgIpc) is 3.18. The van der Waals surface area contributed by atoms with Crippen LogP contribution in [0.5, 0.6) is 11.5 Å². The van der Waals surface area contributed by atoms with Crippen LogP contribution in [-0.4, -0.2) is 32.8 Å². The average molecular weight is 389 g/mol. The van der Waals surface area contributed by atoms with Crippen LogP contribution in [-0.2, 0) is 10.0 Å². The van der Waals surface area contributed by atoms with Crippen molar-refractivity contribution in [1.29, 1.82) is 0 Å². The number of rotatable bonds is 7. The molecule has 9 heteroatoms. The molecule has 1 atom stereocenters. The third-order valence-electron chi connectivity index (χ3n) is 3.86. The number of benzene rings is 2. The first-order valence-corrected chi connectivity index (χ1v) is 9.55. The van der Waals surface area contributed by atoms with Gasteiger partial charge in [0.25, 0.3) is 0 Å². The molecule has 3 aromatic rings. The first kappa shape index (κ1) is 18.9. The van der Waals surface area contributed by atoms with Crippen LogP contribution >= 0.6 is 0 Å². The largest absolute Gasteiger partial charge is 0.497 e. The highest BCUT2D eigenvalue weighted by Gasteiger charge is 2.22. The molecule has 0 radical (unpaired) electrons. The van der Waals surface area contributed by atoms with E-state index in [2.05, 4.69) is 14.9 Å². The number of sulfonamides is 1. The van der Waals surface area contributed by atoms with Crippen LogP contribution in [0.25, 0.3) is 11.4 Å². The Hall–Kier alpha value is -2.91. The van der Waals surface area contributed by atoms with Crippen molar-refractivity contribution >= 4 is 10.0 Å². The topological polar surface area (TPSA) is 104 Å². The van der Waals surface area contributed by atoms with Crippen LogP contribution in [0, 0.1) is 0 Å². The first-order chi connectivity index (χ1) is 12.9. The number of aromatic nitrogens is 2. The van der Waals surface area contributed by atoms with Crippen LogP contribution in [0.1, 0.15) is 18.9 Å². The molecule has 1 aromatic heterocycles. The lowest BCUT2D eigenvalue weighted by molar-refractivity contribution is 0.354. The first-order valence-electron chi connectivity index (χ1n) is 8.07. The molecule has 0 saturated heterocycles. The molecule has 1 N–H and O–H groups in total. The number of nitrogens with zero attached hydrogens (tertiary/aromatic N) is 2. The summed E-state index contributed by atoms with van der Waals surface area (Å²) in [4.78, 5) is 4.39. The van der Waals surface area contributed by atoms with E-state index in [1.165, 1.54) is 19.2 Å². The van der Waals surface area contributed by atoms with Gasteiger partial charge in [0.05, 0.1) is 25.2 Å². The van der Waals surface area contributed by atoms with E-state index in [0.29, 0.717) is 17.3 Å². The second kappa shape index (κ2) is 7.77. The molecule has 142 valence electrons. The lowest BCUT2D eigenvalue weighted by atomic mass is 10.2. The predicted octanol–water partition coefficient (Wildman–Crippen LogP) is 2.79. The van der Waals surface area contributed by atoms with E-state index >= 15 is 0 Å². The van der Waals surface area contributed by atoms with E-state index in [0.717, 1.165) is 5.56 Å². The molecule has 0 fully saturated rings. The van der Waals surface area contributed by atoms with Crippen LogP contribution < -0.4 is 14.2 Å². The Morgan fingerprint density at radius 2 is 1.52 bits per heavy atom. The summed E-state index contributed by atoms with van der Waals surface area (Å²) in [5.74, 6) is 1.81. The smallest absolute Gasteiger partial charge is 0.244 e. The van der Waals surface area contributed by atoms with E-state index in [1.54, 1.807) is 50.4 Å². The Balaban J connectivity index is 1.75. The zero-order valence-electron chi connectivity index (χ0n) is 15.0. The van der Waals surface area contributed by atoms with Gasteiger partial charge in [-0.1, -0.05) is 5.16 Å². The monoisotopic (exact) mass is 389 g/mol. The number of hydrogen-bond donors (Lipinski definition) is 1. The summed E-state index contributed by atoms with van der Waals surface area (Å²) < 4.78 is 42.9. The van der Waals surface area contributed by atoms with Gasteiger partial charge in [0.2, 0.25) is 21.7 Å². The molecule has 1 heterocycles. The highest BCUT2D eigenvalue weighted by Crippen LogP contribution is 2.23. The Morgan fingerprint density at radius 1 is 0.963 bits per heavy atom. The zero-order valence-corrected chi connectivity index (χ0v) is 15.9. The Labute approximate surface area is 157 Å². The number of methoxy groups -OCH3 is 2. The van der Waals surface area contributed by atoms with Crippen molar-refractivity contribution in [3.8, 4) is 22.9 Å².